The summed E-state index contributed by atoms with van der Waals surface area (Å²) in [5.74, 6) is -0.0410. The third kappa shape index (κ3) is 3.57. The SMILES string of the molecule is Cc1ccc2c(CC(=O)NC(C)c3cccc(Cl)c3)coc2c1. The number of amides is 1. The Hall–Kier alpha value is -2.26. The van der Waals surface area contributed by atoms with E-state index in [9.17, 15) is 4.79 Å². The highest BCUT2D eigenvalue weighted by Gasteiger charge is 2.13. The molecule has 0 saturated carbocycles. The molecule has 3 rings (SSSR count). The van der Waals surface area contributed by atoms with Crippen LogP contribution in [0.25, 0.3) is 11.0 Å². The fourth-order valence-electron chi connectivity index (χ4n) is 2.65. The Morgan fingerprint density at radius 3 is 2.87 bits per heavy atom. The summed E-state index contributed by atoms with van der Waals surface area (Å²) in [6.45, 7) is 3.96. The first kappa shape index (κ1) is 15.6. The summed E-state index contributed by atoms with van der Waals surface area (Å²) in [7, 11) is 0. The zero-order chi connectivity index (χ0) is 16.4. The van der Waals surface area contributed by atoms with Crippen molar-refractivity contribution in [3.8, 4) is 0 Å². The molecule has 1 unspecified atom stereocenters. The van der Waals surface area contributed by atoms with Gasteiger partial charge in [-0.1, -0.05) is 35.9 Å². The van der Waals surface area contributed by atoms with Gasteiger partial charge >= 0.3 is 0 Å². The molecule has 1 N–H and O–H groups in total. The van der Waals surface area contributed by atoms with Crippen LogP contribution in [0.5, 0.6) is 0 Å². The average Bonchev–Trinajstić information content (AvgIpc) is 2.89. The zero-order valence-corrected chi connectivity index (χ0v) is 13.9. The number of carbonyl (C=O) groups excluding carboxylic acids is 1. The van der Waals surface area contributed by atoms with Crippen molar-refractivity contribution in [1.82, 2.24) is 5.32 Å². The second-order valence-electron chi connectivity index (χ2n) is 5.78. The van der Waals surface area contributed by atoms with Crippen LogP contribution >= 0.6 is 11.6 Å². The topological polar surface area (TPSA) is 42.2 Å². The lowest BCUT2D eigenvalue weighted by Gasteiger charge is -2.14. The van der Waals surface area contributed by atoms with Crippen molar-refractivity contribution in [2.75, 3.05) is 0 Å². The summed E-state index contributed by atoms with van der Waals surface area (Å²) in [4.78, 5) is 12.3. The van der Waals surface area contributed by atoms with Gasteiger partial charge in [-0.15, -0.1) is 0 Å². The third-order valence-electron chi connectivity index (χ3n) is 3.89. The van der Waals surface area contributed by atoms with Crippen molar-refractivity contribution in [3.05, 3.63) is 70.4 Å². The molecule has 0 aliphatic heterocycles. The van der Waals surface area contributed by atoms with Crippen LogP contribution < -0.4 is 5.32 Å². The molecule has 3 aromatic rings. The van der Waals surface area contributed by atoms with Gasteiger partial charge in [-0.25, -0.2) is 0 Å². The number of hydrogen-bond acceptors (Lipinski definition) is 2. The van der Waals surface area contributed by atoms with E-state index >= 15 is 0 Å². The Morgan fingerprint density at radius 1 is 1.26 bits per heavy atom. The van der Waals surface area contributed by atoms with Crippen molar-refractivity contribution in [2.45, 2.75) is 26.3 Å². The first-order chi connectivity index (χ1) is 11.0. The molecule has 1 amide bonds. The molecule has 1 aromatic heterocycles. The largest absolute Gasteiger partial charge is 0.464 e. The third-order valence-corrected chi connectivity index (χ3v) is 4.12. The van der Waals surface area contributed by atoms with E-state index in [1.165, 1.54) is 0 Å². The summed E-state index contributed by atoms with van der Waals surface area (Å²) in [6, 6.07) is 13.4. The van der Waals surface area contributed by atoms with Gasteiger partial charge in [0.25, 0.3) is 0 Å². The highest BCUT2D eigenvalue weighted by molar-refractivity contribution is 6.30. The molecule has 0 spiro atoms. The average molecular weight is 328 g/mol. The normalized spacial score (nSPS) is 12.3. The van der Waals surface area contributed by atoms with E-state index < -0.39 is 0 Å². The molecule has 1 atom stereocenters. The molecule has 0 fully saturated rings. The fourth-order valence-corrected chi connectivity index (χ4v) is 2.85. The number of hydrogen-bond donors (Lipinski definition) is 1. The second-order valence-corrected chi connectivity index (χ2v) is 6.22. The van der Waals surface area contributed by atoms with Gasteiger partial charge in [0.05, 0.1) is 18.7 Å². The van der Waals surface area contributed by atoms with Crippen LogP contribution in [0.15, 0.2) is 53.1 Å². The van der Waals surface area contributed by atoms with E-state index in [1.807, 2.05) is 56.3 Å². The minimum atomic E-state index is -0.0957. The van der Waals surface area contributed by atoms with E-state index in [-0.39, 0.29) is 11.9 Å². The van der Waals surface area contributed by atoms with Gasteiger partial charge in [-0.3, -0.25) is 4.79 Å². The van der Waals surface area contributed by atoms with Crippen molar-refractivity contribution in [1.29, 1.82) is 0 Å². The van der Waals surface area contributed by atoms with Gasteiger partial charge < -0.3 is 9.73 Å². The predicted molar refractivity (Wildman–Crippen MR) is 92.7 cm³/mol. The van der Waals surface area contributed by atoms with E-state index in [0.717, 1.165) is 27.7 Å². The maximum absolute atomic E-state index is 12.3. The lowest BCUT2D eigenvalue weighted by atomic mass is 10.1. The molecule has 4 heteroatoms. The first-order valence-corrected chi connectivity index (χ1v) is 7.92. The van der Waals surface area contributed by atoms with Gasteiger partial charge in [0.1, 0.15) is 5.58 Å². The number of benzene rings is 2. The Labute approximate surface area is 140 Å². The molecule has 0 radical (unpaired) electrons. The minimum absolute atomic E-state index is 0.0410. The highest BCUT2D eigenvalue weighted by atomic mass is 35.5. The minimum Gasteiger partial charge on any atom is -0.464 e. The summed E-state index contributed by atoms with van der Waals surface area (Å²) in [6.07, 6.45) is 1.95. The van der Waals surface area contributed by atoms with Crippen LogP contribution in [0.1, 0.15) is 29.7 Å². The lowest BCUT2D eigenvalue weighted by Crippen LogP contribution is -2.28. The number of carbonyl (C=O) groups is 1. The van der Waals surface area contributed by atoms with Crippen LogP contribution in [-0.2, 0) is 11.2 Å². The monoisotopic (exact) mass is 327 g/mol. The molecule has 0 aliphatic rings. The first-order valence-electron chi connectivity index (χ1n) is 7.54. The highest BCUT2D eigenvalue weighted by Crippen LogP contribution is 2.23. The number of fused-ring (bicyclic) bond motifs is 1. The molecule has 118 valence electrons. The van der Waals surface area contributed by atoms with E-state index in [1.54, 1.807) is 6.26 Å². The van der Waals surface area contributed by atoms with Crippen LogP contribution in [0.3, 0.4) is 0 Å². The summed E-state index contributed by atoms with van der Waals surface area (Å²) in [5, 5.41) is 4.65. The summed E-state index contributed by atoms with van der Waals surface area (Å²) >= 11 is 5.99. The van der Waals surface area contributed by atoms with E-state index in [0.29, 0.717) is 11.4 Å². The van der Waals surface area contributed by atoms with Gasteiger partial charge in [-0.2, -0.15) is 0 Å². The maximum atomic E-state index is 12.3. The smallest absolute Gasteiger partial charge is 0.225 e. The standard InChI is InChI=1S/C19H18ClNO2/c1-12-6-7-17-15(11-23-18(17)8-12)10-19(22)21-13(2)14-4-3-5-16(20)9-14/h3-9,11,13H,10H2,1-2H3,(H,21,22). The maximum Gasteiger partial charge on any atom is 0.225 e. The fraction of sp³-hybridized carbons (Fsp3) is 0.211. The molecule has 3 nitrogen and oxygen atoms in total. The molecule has 0 bridgehead atoms. The number of nitrogens with one attached hydrogen (secondary N) is 1. The van der Waals surface area contributed by atoms with Gasteiger partial charge in [0.2, 0.25) is 5.91 Å². The molecular weight excluding hydrogens is 310 g/mol. The number of furan rings is 1. The van der Waals surface area contributed by atoms with Crippen LogP contribution in [0.2, 0.25) is 5.02 Å². The Bertz CT molecular complexity index is 853. The van der Waals surface area contributed by atoms with Crippen molar-refractivity contribution < 1.29 is 9.21 Å². The zero-order valence-electron chi connectivity index (χ0n) is 13.1. The van der Waals surface area contributed by atoms with Crippen molar-refractivity contribution in [3.63, 3.8) is 0 Å². The molecular formula is C19H18ClNO2. The molecule has 2 aromatic carbocycles. The van der Waals surface area contributed by atoms with Crippen molar-refractivity contribution >= 4 is 28.5 Å². The van der Waals surface area contributed by atoms with E-state index in [4.69, 9.17) is 16.0 Å². The predicted octanol–water partition coefficient (Wildman–Crippen LogP) is 4.81. The Morgan fingerprint density at radius 2 is 2.09 bits per heavy atom. The van der Waals surface area contributed by atoms with Gasteiger partial charge in [0.15, 0.2) is 0 Å². The molecule has 0 saturated heterocycles. The summed E-state index contributed by atoms with van der Waals surface area (Å²) < 4.78 is 5.54. The van der Waals surface area contributed by atoms with E-state index in [2.05, 4.69) is 5.32 Å². The number of rotatable bonds is 4. The molecule has 0 aliphatic carbocycles. The Balaban J connectivity index is 1.71. The van der Waals surface area contributed by atoms with Gasteiger partial charge in [-0.05, 0) is 43.2 Å². The number of halogens is 1. The number of aryl methyl sites for hydroxylation is 1. The van der Waals surface area contributed by atoms with Crippen molar-refractivity contribution in [2.24, 2.45) is 0 Å². The molecule has 1 heterocycles. The molecule has 23 heavy (non-hydrogen) atoms. The van der Waals surface area contributed by atoms with Crippen LogP contribution in [-0.4, -0.2) is 5.91 Å². The Kier molecular flexibility index (Phi) is 4.39. The van der Waals surface area contributed by atoms with Crippen LogP contribution in [0.4, 0.5) is 0 Å². The summed E-state index contributed by atoms with van der Waals surface area (Å²) in [5.41, 5.74) is 3.84. The lowest BCUT2D eigenvalue weighted by molar-refractivity contribution is -0.121. The quantitative estimate of drug-likeness (QED) is 0.746. The van der Waals surface area contributed by atoms with Crippen LogP contribution in [0, 0.1) is 6.92 Å². The second kappa shape index (κ2) is 6.47. The van der Waals surface area contributed by atoms with Gasteiger partial charge in [0, 0.05) is 16.0 Å².